The molecule has 1 aliphatic rings. The van der Waals surface area contributed by atoms with E-state index in [-0.39, 0.29) is 42.0 Å². The van der Waals surface area contributed by atoms with Gasteiger partial charge in [-0.2, -0.15) is 0 Å². The number of benzene rings is 1. The molecule has 2 unspecified atom stereocenters. The molecule has 0 spiro atoms. The Kier molecular flexibility index (Phi) is 8.43. The van der Waals surface area contributed by atoms with Crippen molar-refractivity contribution >= 4 is 29.9 Å². The van der Waals surface area contributed by atoms with Gasteiger partial charge in [0.05, 0.1) is 19.8 Å². The normalized spacial score (nSPS) is 19.7. The summed E-state index contributed by atoms with van der Waals surface area (Å²) < 4.78 is 24.3. The fourth-order valence-electron chi connectivity index (χ4n) is 3.14. The average molecular weight is 500 g/mol. The summed E-state index contributed by atoms with van der Waals surface area (Å²) in [5.74, 6) is 1.14. The minimum atomic E-state index is -0.245. The lowest BCUT2D eigenvalue weighted by Gasteiger charge is -2.38. The Hall–Kier alpha value is -1.94. The van der Waals surface area contributed by atoms with E-state index in [1.165, 1.54) is 12.1 Å². The summed E-state index contributed by atoms with van der Waals surface area (Å²) in [6, 6.07) is 10.3. The second-order valence-corrected chi connectivity index (χ2v) is 6.50. The van der Waals surface area contributed by atoms with Crippen LogP contribution in [0.15, 0.2) is 47.6 Å². The molecule has 0 saturated carbocycles. The Morgan fingerprint density at radius 3 is 2.64 bits per heavy atom. The quantitative estimate of drug-likeness (QED) is 0.397. The lowest BCUT2D eigenvalue weighted by atomic mass is 10.1. The van der Waals surface area contributed by atoms with Crippen LogP contribution in [0.4, 0.5) is 4.39 Å². The number of nitrogens with zero attached hydrogens (tertiary/aromatic N) is 3. The summed E-state index contributed by atoms with van der Waals surface area (Å²) in [4.78, 5) is 10.8. The zero-order valence-corrected chi connectivity index (χ0v) is 18.6. The minimum absolute atomic E-state index is 0. The molecule has 28 heavy (non-hydrogen) atoms. The predicted molar refractivity (Wildman–Crippen MR) is 118 cm³/mol. The number of aromatic nitrogens is 1. The van der Waals surface area contributed by atoms with Crippen LogP contribution in [0.5, 0.6) is 5.88 Å². The van der Waals surface area contributed by atoms with Gasteiger partial charge in [0.25, 0.3) is 0 Å². The molecule has 2 atom stereocenters. The highest BCUT2D eigenvalue weighted by atomic mass is 127. The lowest BCUT2D eigenvalue weighted by Crippen LogP contribution is -2.50. The topological polar surface area (TPSA) is 59.0 Å². The van der Waals surface area contributed by atoms with Crippen LogP contribution in [-0.2, 0) is 11.3 Å². The minimum Gasteiger partial charge on any atom is -0.481 e. The Bertz CT molecular complexity index is 771. The van der Waals surface area contributed by atoms with E-state index in [1.807, 2.05) is 19.1 Å². The van der Waals surface area contributed by atoms with Gasteiger partial charge >= 0.3 is 0 Å². The molecular weight excluding hydrogens is 474 g/mol. The largest absolute Gasteiger partial charge is 0.481 e. The molecule has 1 N–H and O–H groups in total. The van der Waals surface area contributed by atoms with Crippen molar-refractivity contribution in [3.05, 3.63) is 59.5 Å². The summed E-state index contributed by atoms with van der Waals surface area (Å²) in [7, 11) is 3.36. The van der Waals surface area contributed by atoms with Gasteiger partial charge in [0.2, 0.25) is 5.88 Å². The fraction of sp³-hybridized carbons (Fsp3) is 0.400. The Morgan fingerprint density at radius 2 is 2.04 bits per heavy atom. The lowest BCUT2D eigenvalue weighted by molar-refractivity contribution is -0.0605. The number of hydrogen-bond donors (Lipinski definition) is 1. The molecular formula is C20H26FIN4O2. The molecule has 1 saturated heterocycles. The maximum atomic E-state index is 13.2. The van der Waals surface area contributed by atoms with E-state index < -0.39 is 0 Å². The van der Waals surface area contributed by atoms with Crippen molar-refractivity contribution in [3.63, 3.8) is 0 Å². The first-order valence-corrected chi connectivity index (χ1v) is 8.94. The van der Waals surface area contributed by atoms with E-state index in [1.54, 1.807) is 32.5 Å². The number of methoxy groups -OCH3 is 1. The maximum Gasteiger partial charge on any atom is 0.212 e. The van der Waals surface area contributed by atoms with Crippen LogP contribution in [0.3, 0.4) is 0 Å². The Morgan fingerprint density at radius 1 is 1.29 bits per heavy atom. The van der Waals surface area contributed by atoms with Crippen LogP contribution in [-0.4, -0.2) is 49.2 Å². The second kappa shape index (κ2) is 10.6. The SMILES string of the molecule is CN=C(NCc1ccc(OC)nc1)N1CC(C)OC(c2ccc(F)cc2)C1.I. The highest BCUT2D eigenvalue weighted by molar-refractivity contribution is 14.0. The third-order valence-corrected chi connectivity index (χ3v) is 4.47. The van der Waals surface area contributed by atoms with E-state index in [0.717, 1.165) is 23.6 Å². The molecule has 0 radical (unpaired) electrons. The number of ether oxygens (including phenoxy) is 2. The van der Waals surface area contributed by atoms with Crippen LogP contribution in [0.2, 0.25) is 0 Å². The molecule has 1 aromatic heterocycles. The van der Waals surface area contributed by atoms with Gasteiger partial charge < -0.3 is 19.7 Å². The third kappa shape index (κ3) is 5.78. The summed E-state index contributed by atoms with van der Waals surface area (Å²) in [6.07, 6.45) is 1.69. The van der Waals surface area contributed by atoms with Crippen LogP contribution >= 0.6 is 24.0 Å². The van der Waals surface area contributed by atoms with Gasteiger partial charge in [0.15, 0.2) is 5.96 Å². The summed E-state index contributed by atoms with van der Waals surface area (Å²) in [5, 5.41) is 3.37. The van der Waals surface area contributed by atoms with Crippen molar-refractivity contribution in [2.75, 3.05) is 27.2 Å². The van der Waals surface area contributed by atoms with Crippen molar-refractivity contribution in [3.8, 4) is 5.88 Å². The second-order valence-electron chi connectivity index (χ2n) is 6.50. The molecule has 2 aromatic rings. The zero-order valence-electron chi connectivity index (χ0n) is 16.3. The number of nitrogens with one attached hydrogen (secondary N) is 1. The summed E-state index contributed by atoms with van der Waals surface area (Å²) >= 11 is 0. The molecule has 1 aromatic carbocycles. The number of guanidine groups is 1. The standard InChI is InChI=1S/C20H25FN4O2.HI/c1-14-12-25(13-18(27-14)16-5-7-17(21)8-6-16)20(22-2)24-11-15-4-9-19(26-3)23-10-15;/h4-10,14,18H,11-13H2,1-3H3,(H,22,24);1H. The molecule has 0 bridgehead atoms. The number of pyridine rings is 1. The first-order chi connectivity index (χ1) is 13.1. The third-order valence-electron chi connectivity index (χ3n) is 4.47. The van der Waals surface area contributed by atoms with Gasteiger partial charge in [-0.05, 0) is 30.2 Å². The van der Waals surface area contributed by atoms with Crippen LogP contribution in [0, 0.1) is 5.82 Å². The number of halogens is 2. The highest BCUT2D eigenvalue weighted by Gasteiger charge is 2.28. The van der Waals surface area contributed by atoms with E-state index >= 15 is 0 Å². The molecule has 0 aliphatic carbocycles. The smallest absolute Gasteiger partial charge is 0.212 e. The van der Waals surface area contributed by atoms with Crippen molar-refractivity contribution in [1.29, 1.82) is 0 Å². The molecule has 6 nitrogen and oxygen atoms in total. The van der Waals surface area contributed by atoms with Gasteiger partial charge in [-0.1, -0.05) is 18.2 Å². The molecule has 152 valence electrons. The fourth-order valence-corrected chi connectivity index (χ4v) is 3.14. The van der Waals surface area contributed by atoms with Crippen LogP contribution in [0.25, 0.3) is 0 Å². The Balaban J connectivity index is 0.00000280. The highest BCUT2D eigenvalue weighted by Crippen LogP contribution is 2.25. The van der Waals surface area contributed by atoms with Crippen LogP contribution in [0.1, 0.15) is 24.2 Å². The number of hydrogen-bond acceptors (Lipinski definition) is 4. The Labute approximate surface area is 182 Å². The number of morpholine rings is 1. The maximum absolute atomic E-state index is 13.2. The molecule has 2 heterocycles. The van der Waals surface area contributed by atoms with E-state index in [0.29, 0.717) is 19.0 Å². The van der Waals surface area contributed by atoms with Gasteiger partial charge in [-0.15, -0.1) is 24.0 Å². The average Bonchev–Trinajstić information content (AvgIpc) is 2.69. The van der Waals surface area contributed by atoms with Gasteiger partial charge in [-0.25, -0.2) is 9.37 Å². The number of aliphatic imine (C=N–C) groups is 1. The van der Waals surface area contributed by atoms with Crippen molar-refractivity contribution in [2.24, 2.45) is 4.99 Å². The first kappa shape index (κ1) is 22.4. The molecule has 1 aliphatic heterocycles. The van der Waals surface area contributed by atoms with E-state index in [9.17, 15) is 4.39 Å². The van der Waals surface area contributed by atoms with Crippen molar-refractivity contribution in [2.45, 2.75) is 25.7 Å². The first-order valence-electron chi connectivity index (χ1n) is 8.94. The van der Waals surface area contributed by atoms with Gasteiger partial charge in [0.1, 0.15) is 11.9 Å². The molecule has 1 fully saturated rings. The zero-order chi connectivity index (χ0) is 19.2. The van der Waals surface area contributed by atoms with Crippen LogP contribution < -0.4 is 10.1 Å². The summed E-state index contributed by atoms with van der Waals surface area (Å²) in [5.41, 5.74) is 2.00. The van der Waals surface area contributed by atoms with Crippen molar-refractivity contribution in [1.82, 2.24) is 15.2 Å². The van der Waals surface area contributed by atoms with E-state index in [4.69, 9.17) is 9.47 Å². The van der Waals surface area contributed by atoms with E-state index in [2.05, 4.69) is 20.2 Å². The molecule has 8 heteroatoms. The van der Waals surface area contributed by atoms with Crippen molar-refractivity contribution < 1.29 is 13.9 Å². The van der Waals surface area contributed by atoms with Gasteiger partial charge in [0, 0.05) is 32.4 Å². The van der Waals surface area contributed by atoms with Gasteiger partial charge in [-0.3, -0.25) is 4.99 Å². The number of rotatable bonds is 4. The predicted octanol–water partition coefficient (Wildman–Crippen LogP) is 3.38. The molecule has 3 rings (SSSR count). The molecule has 0 amide bonds. The monoisotopic (exact) mass is 500 g/mol. The summed E-state index contributed by atoms with van der Waals surface area (Å²) in [6.45, 7) is 4.02.